The van der Waals surface area contributed by atoms with Crippen LogP contribution in [0.15, 0.2) is 36.4 Å². The molecule has 8 heteroatoms. The van der Waals surface area contributed by atoms with Crippen molar-refractivity contribution in [1.82, 2.24) is 0 Å². The summed E-state index contributed by atoms with van der Waals surface area (Å²) in [5.41, 5.74) is 0.313. The fourth-order valence-corrected chi connectivity index (χ4v) is 2.05. The molecule has 0 bridgehead atoms. The Morgan fingerprint density at radius 2 is 2.12 bits per heavy atom. The number of nitro groups is 1. The molecule has 2 rings (SSSR count). The van der Waals surface area contributed by atoms with Gasteiger partial charge in [0.25, 0.3) is 5.69 Å². The summed E-state index contributed by atoms with van der Waals surface area (Å²) in [5.74, 6) is -1.17. The molecule has 0 atom stereocenters. The summed E-state index contributed by atoms with van der Waals surface area (Å²) >= 11 is 0. The van der Waals surface area contributed by atoms with Gasteiger partial charge < -0.3 is 10.1 Å². The number of benzene rings is 2. The number of nitrogens with zero attached hydrogens (tertiary/aromatic N) is 2. The number of esters is 1. The van der Waals surface area contributed by atoms with Crippen molar-refractivity contribution in [3.63, 3.8) is 0 Å². The quantitative estimate of drug-likeness (QED) is 0.513. The Kier molecular flexibility index (Phi) is 5.06. The fraction of sp³-hybridized carbons (Fsp3) is 0.125. The average molecular weight is 329 g/mol. The number of nitro benzene ring substituents is 1. The highest BCUT2D eigenvalue weighted by molar-refractivity contribution is 5.89. The van der Waals surface area contributed by atoms with Crippen molar-refractivity contribution in [3.05, 3.63) is 69.0 Å². The zero-order valence-corrected chi connectivity index (χ0v) is 12.6. The summed E-state index contributed by atoms with van der Waals surface area (Å²) in [5, 5.41) is 22.6. The van der Waals surface area contributed by atoms with E-state index in [2.05, 4.69) is 10.1 Å². The Hall–Kier alpha value is -3.47. The van der Waals surface area contributed by atoms with E-state index >= 15 is 0 Å². The summed E-state index contributed by atoms with van der Waals surface area (Å²) in [6.07, 6.45) is 0. The largest absolute Gasteiger partial charge is 0.465 e. The topological polar surface area (TPSA) is 105 Å². The van der Waals surface area contributed by atoms with Gasteiger partial charge >= 0.3 is 5.97 Å². The lowest BCUT2D eigenvalue weighted by molar-refractivity contribution is -0.384. The Labute approximate surface area is 136 Å². The summed E-state index contributed by atoms with van der Waals surface area (Å²) in [4.78, 5) is 21.9. The SMILES string of the molecule is COC(=O)c1ccc(F)c(CNc2ccc(C#N)cc2[N+](=O)[O-])c1. The average Bonchev–Trinajstić information content (AvgIpc) is 2.60. The van der Waals surface area contributed by atoms with Gasteiger partial charge in [-0.3, -0.25) is 10.1 Å². The number of nitriles is 1. The molecule has 24 heavy (non-hydrogen) atoms. The lowest BCUT2D eigenvalue weighted by Crippen LogP contribution is -2.07. The summed E-state index contributed by atoms with van der Waals surface area (Å²) in [6, 6.07) is 9.45. The molecule has 0 aliphatic carbocycles. The first-order valence-corrected chi connectivity index (χ1v) is 6.75. The van der Waals surface area contributed by atoms with Crippen molar-refractivity contribution >= 4 is 17.3 Å². The number of nitrogens with one attached hydrogen (secondary N) is 1. The second-order valence-corrected chi connectivity index (χ2v) is 4.75. The lowest BCUT2D eigenvalue weighted by Gasteiger charge is -2.09. The van der Waals surface area contributed by atoms with Crippen molar-refractivity contribution in [2.24, 2.45) is 0 Å². The zero-order chi connectivity index (χ0) is 17.7. The molecule has 0 unspecified atom stereocenters. The van der Waals surface area contributed by atoms with E-state index in [1.807, 2.05) is 6.07 Å². The molecule has 122 valence electrons. The second-order valence-electron chi connectivity index (χ2n) is 4.75. The van der Waals surface area contributed by atoms with E-state index in [0.29, 0.717) is 0 Å². The predicted octanol–water partition coefficient (Wildman–Crippen LogP) is 3.00. The van der Waals surface area contributed by atoms with E-state index in [1.54, 1.807) is 0 Å². The molecule has 0 fully saturated rings. The van der Waals surface area contributed by atoms with Crippen LogP contribution in [0.2, 0.25) is 0 Å². The number of rotatable bonds is 5. The zero-order valence-electron chi connectivity index (χ0n) is 12.6. The third-order valence-corrected chi connectivity index (χ3v) is 3.26. The van der Waals surface area contributed by atoms with Crippen LogP contribution in [0.5, 0.6) is 0 Å². The van der Waals surface area contributed by atoms with Gasteiger partial charge in [0.1, 0.15) is 11.5 Å². The van der Waals surface area contributed by atoms with Crippen LogP contribution in [0.25, 0.3) is 0 Å². The molecule has 0 saturated carbocycles. The van der Waals surface area contributed by atoms with Crippen LogP contribution in [0.4, 0.5) is 15.8 Å². The van der Waals surface area contributed by atoms with Gasteiger partial charge in [-0.1, -0.05) is 0 Å². The smallest absolute Gasteiger partial charge is 0.337 e. The van der Waals surface area contributed by atoms with E-state index in [0.717, 1.165) is 12.1 Å². The van der Waals surface area contributed by atoms with Crippen molar-refractivity contribution in [2.45, 2.75) is 6.54 Å². The first-order chi connectivity index (χ1) is 11.5. The van der Waals surface area contributed by atoms with Gasteiger partial charge in [0.2, 0.25) is 0 Å². The summed E-state index contributed by atoms with van der Waals surface area (Å²) in [6.45, 7) is -0.0800. The minimum absolute atomic E-state index is 0.0800. The van der Waals surface area contributed by atoms with Gasteiger partial charge in [-0.2, -0.15) is 5.26 Å². The van der Waals surface area contributed by atoms with Crippen LogP contribution >= 0.6 is 0 Å². The van der Waals surface area contributed by atoms with Crippen LogP contribution < -0.4 is 5.32 Å². The molecule has 7 nitrogen and oxygen atoms in total. The van der Waals surface area contributed by atoms with E-state index in [-0.39, 0.29) is 34.6 Å². The minimum atomic E-state index is -0.635. The Balaban J connectivity index is 2.27. The normalized spacial score (nSPS) is 9.88. The van der Waals surface area contributed by atoms with Crippen LogP contribution in [-0.4, -0.2) is 18.0 Å². The van der Waals surface area contributed by atoms with Gasteiger partial charge in [-0.15, -0.1) is 0 Å². The first-order valence-electron chi connectivity index (χ1n) is 6.75. The fourth-order valence-electron chi connectivity index (χ4n) is 2.05. The minimum Gasteiger partial charge on any atom is -0.465 e. The molecule has 2 aromatic carbocycles. The molecule has 0 amide bonds. The highest BCUT2D eigenvalue weighted by Crippen LogP contribution is 2.26. The molecule has 0 heterocycles. The van der Waals surface area contributed by atoms with Crippen molar-refractivity contribution in [3.8, 4) is 6.07 Å². The maximum atomic E-state index is 13.8. The highest BCUT2D eigenvalue weighted by atomic mass is 19.1. The third-order valence-electron chi connectivity index (χ3n) is 3.26. The maximum Gasteiger partial charge on any atom is 0.337 e. The van der Waals surface area contributed by atoms with Crippen LogP contribution in [0, 0.1) is 27.3 Å². The van der Waals surface area contributed by atoms with Gasteiger partial charge in [-0.05, 0) is 30.3 Å². The van der Waals surface area contributed by atoms with Gasteiger partial charge in [0, 0.05) is 18.2 Å². The molecule has 0 aromatic heterocycles. The van der Waals surface area contributed by atoms with Crippen molar-refractivity contribution < 1.29 is 18.8 Å². The van der Waals surface area contributed by atoms with Crippen LogP contribution in [0.3, 0.4) is 0 Å². The molecular formula is C16H12FN3O4. The number of anilines is 1. The van der Waals surface area contributed by atoms with Crippen molar-refractivity contribution in [2.75, 3.05) is 12.4 Å². The predicted molar refractivity (Wildman–Crippen MR) is 82.9 cm³/mol. The number of halogens is 1. The maximum absolute atomic E-state index is 13.8. The molecule has 0 aliphatic heterocycles. The second kappa shape index (κ2) is 7.19. The van der Waals surface area contributed by atoms with E-state index in [4.69, 9.17) is 5.26 Å². The Morgan fingerprint density at radius 1 is 1.38 bits per heavy atom. The molecule has 1 N–H and O–H groups in total. The Bertz CT molecular complexity index is 846. The lowest BCUT2D eigenvalue weighted by atomic mass is 10.1. The van der Waals surface area contributed by atoms with Gasteiger partial charge in [0.05, 0.1) is 29.2 Å². The molecule has 0 saturated heterocycles. The first kappa shape index (κ1) is 16.9. The van der Waals surface area contributed by atoms with E-state index < -0.39 is 16.7 Å². The molecular weight excluding hydrogens is 317 g/mol. The number of hydrogen-bond acceptors (Lipinski definition) is 6. The number of hydrogen-bond donors (Lipinski definition) is 1. The van der Waals surface area contributed by atoms with Gasteiger partial charge in [-0.25, -0.2) is 9.18 Å². The number of methoxy groups -OCH3 is 1. The number of carbonyl (C=O) groups excluding carboxylic acids is 1. The van der Waals surface area contributed by atoms with Crippen molar-refractivity contribution in [1.29, 1.82) is 5.26 Å². The van der Waals surface area contributed by atoms with Crippen LogP contribution in [0.1, 0.15) is 21.5 Å². The van der Waals surface area contributed by atoms with Crippen LogP contribution in [-0.2, 0) is 11.3 Å². The number of carbonyl (C=O) groups is 1. The highest BCUT2D eigenvalue weighted by Gasteiger charge is 2.16. The molecule has 0 radical (unpaired) electrons. The van der Waals surface area contributed by atoms with E-state index in [1.165, 1.54) is 31.4 Å². The molecule has 0 spiro atoms. The summed E-state index contributed by atoms with van der Waals surface area (Å²) < 4.78 is 18.4. The third kappa shape index (κ3) is 3.64. The molecule has 0 aliphatic rings. The van der Waals surface area contributed by atoms with E-state index in [9.17, 15) is 19.3 Å². The van der Waals surface area contributed by atoms with Gasteiger partial charge in [0.15, 0.2) is 0 Å². The Morgan fingerprint density at radius 3 is 2.75 bits per heavy atom. The monoisotopic (exact) mass is 329 g/mol. The standard InChI is InChI=1S/C16H12FN3O4/c1-24-16(21)11-3-4-13(17)12(7-11)9-19-14-5-2-10(8-18)6-15(14)20(22)23/h2-7,19H,9H2,1H3. The molecule has 2 aromatic rings. The summed E-state index contributed by atoms with van der Waals surface area (Å²) in [7, 11) is 1.21. The number of ether oxygens (including phenoxy) is 1.